The quantitative estimate of drug-likeness (QED) is 0.785. The molecule has 18 heavy (non-hydrogen) atoms. The third-order valence-corrected chi connectivity index (χ3v) is 3.75. The van der Waals surface area contributed by atoms with E-state index in [9.17, 15) is 13.2 Å². The molecule has 1 aliphatic heterocycles. The Bertz CT molecular complexity index is 258. The summed E-state index contributed by atoms with van der Waals surface area (Å²) in [5, 5.41) is 2.46. The van der Waals surface area contributed by atoms with Gasteiger partial charge in [0.1, 0.15) is 0 Å². The molecule has 0 aromatic rings. The van der Waals surface area contributed by atoms with Gasteiger partial charge in [0, 0.05) is 25.7 Å². The van der Waals surface area contributed by atoms with Crippen molar-refractivity contribution in [3.8, 4) is 0 Å². The molecular formula is C12H21F3N2O. The molecule has 0 aromatic carbocycles. The molecule has 1 N–H and O–H groups in total. The first kappa shape index (κ1) is 14.1. The van der Waals surface area contributed by atoms with E-state index in [2.05, 4.69) is 10.2 Å². The molecule has 0 amide bonds. The van der Waals surface area contributed by atoms with Crippen molar-refractivity contribution in [2.45, 2.75) is 44.0 Å². The summed E-state index contributed by atoms with van der Waals surface area (Å²) in [6.45, 7) is 1.73. The lowest BCUT2D eigenvalue weighted by Crippen LogP contribution is -2.54. The predicted molar refractivity (Wildman–Crippen MR) is 62.5 cm³/mol. The summed E-state index contributed by atoms with van der Waals surface area (Å²) in [5.74, 6) is 0. The largest absolute Gasteiger partial charge is 0.401 e. The van der Waals surface area contributed by atoms with Gasteiger partial charge in [0.15, 0.2) is 0 Å². The van der Waals surface area contributed by atoms with Crippen molar-refractivity contribution in [3.05, 3.63) is 0 Å². The molecule has 2 rings (SSSR count). The number of hydrogen-bond acceptors (Lipinski definition) is 3. The fraction of sp³-hybridized carbons (Fsp3) is 1.00. The van der Waals surface area contributed by atoms with Crippen molar-refractivity contribution in [1.29, 1.82) is 0 Å². The van der Waals surface area contributed by atoms with Crippen molar-refractivity contribution >= 4 is 0 Å². The summed E-state index contributed by atoms with van der Waals surface area (Å²) in [4.78, 5) is 2.29. The Morgan fingerprint density at radius 1 is 1.22 bits per heavy atom. The first-order valence-corrected chi connectivity index (χ1v) is 6.69. The van der Waals surface area contributed by atoms with Gasteiger partial charge in [-0.25, -0.2) is 0 Å². The molecule has 0 spiro atoms. The van der Waals surface area contributed by atoms with Crippen LogP contribution in [0.5, 0.6) is 0 Å². The maximum absolute atomic E-state index is 12.0. The van der Waals surface area contributed by atoms with Crippen LogP contribution in [0.1, 0.15) is 25.7 Å². The number of morpholine rings is 1. The Morgan fingerprint density at radius 3 is 2.78 bits per heavy atom. The van der Waals surface area contributed by atoms with Gasteiger partial charge in [-0.1, -0.05) is 12.8 Å². The van der Waals surface area contributed by atoms with Crippen molar-refractivity contribution in [1.82, 2.24) is 10.2 Å². The molecule has 0 radical (unpaired) electrons. The highest BCUT2D eigenvalue weighted by atomic mass is 19.4. The van der Waals surface area contributed by atoms with Crippen LogP contribution in [0.2, 0.25) is 0 Å². The molecule has 1 heterocycles. The molecule has 2 fully saturated rings. The number of hydrogen-bond donors (Lipinski definition) is 1. The second kappa shape index (κ2) is 6.21. The summed E-state index contributed by atoms with van der Waals surface area (Å²) in [6.07, 6.45) is 0.813. The van der Waals surface area contributed by atoms with Crippen LogP contribution in [0.3, 0.4) is 0 Å². The van der Waals surface area contributed by atoms with Crippen LogP contribution in [0, 0.1) is 0 Å². The van der Waals surface area contributed by atoms with Gasteiger partial charge in [0.05, 0.1) is 19.3 Å². The number of nitrogens with zero attached hydrogens (tertiary/aromatic N) is 1. The highest BCUT2D eigenvalue weighted by Gasteiger charge is 2.34. The minimum atomic E-state index is -4.11. The van der Waals surface area contributed by atoms with Gasteiger partial charge in [-0.05, 0) is 12.8 Å². The molecule has 0 bridgehead atoms. The topological polar surface area (TPSA) is 24.5 Å². The number of halogens is 3. The second-order valence-electron chi connectivity index (χ2n) is 5.09. The van der Waals surface area contributed by atoms with E-state index >= 15 is 0 Å². The summed E-state index contributed by atoms with van der Waals surface area (Å²) >= 11 is 0. The third kappa shape index (κ3) is 4.10. The Balaban J connectivity index is 1.71. The minimum Gasteiger partial charge on any atom is -0.375 e. The van der Waals surface area contributed by atoms with Crippen LogP contribution in [0.25, 0.3) is 0 Å². The molecule has 3 nitrogen and oxygen atoms in total. The van der Waals surface area contributed by atoms with Gasteiger partial charge < -0.3 is 10.1 Å². The number of nitrogens with one attached hydrogen (secondary N) is 1. The molecule has 2 atom stereocenters. The zero-order valence-corrected chi connectivity index (χ0v) is 10.5. The third-order valence-electron chi connectivity index (χ3n) is 3.75. The van der Waals surface area contributed by atoms with E-state index < -0.39 is 12.7 Å². The maximum Gasteiger partial charge on any atom is 0.401 e. The van der Waals surface area contributed by atoms with Gasteiger partial charge in [0.2, 0.25) is 0 Å². The lowest BCUT2D eigenvalue weighted by Gasteiger charge is -2.43. The lowest BCUT2D eigenvalue weighted by atomic mass is 9.90. The highest BCUT2D eigenvalue weighted by Crippen LogP contribution is 2.27. The fourth-order valence-corrected chi connectivity index (χ4v) is 2.91. The van der Waals surface area contributed by atoms with E-state index in [0.29, 0.717) is 31.8 Å². The van der Waals surface area contributed by atoms with Crippen molar-refractivity contribution in [3.63, 3.8) is 0 Å². The summed E-state index contributed by atoms with van der Waals surface area (Å²) in [7, 11) is 0. The van der Waals surface area contributed by atoms with Crippen LogP contribution in [0.15, 0.2) is 0 Å². The maximum atomic E-state index is 12.0. The number of rotatable bonds is 4. The standard InChI is InChI=1S/C12H21F3N2O/c13-12(14,15)9-16-5-6-17-7-8-18-11-4-2-1-3-10(11)17/h10-11,16H,1-9H2. The van der Waals surface area contributed by atoms with Gasteiger partial charge >= 0.3 is 6.18 Å². The van der Waals surface area contributed by atoms with E-state index in [1.807, 2.05) is 0 Å². The Hall–Kier alpha value is -0.330. The SMILES string of the molecule is FC(F)(F)CNCCN1CCOC2CCCCC21. The highest BCUT2D eigenvalue weighted by molar-refractivity contribution is 4.87. The van der Waals surface area contributed by atoms with Gasteiger partial charge in [-0.2, -0.15) is 13.2 Å². The van der Waals surface area contributed by atoms with E-state index in [1.54, 1.807) is 0 Å². The van der Waals surface area contributed by atoms with E-state index in [1.165, 1.54) is 12.8 Å². The zero-order valence-electron chi connectivity index (χ0n) is 10.5. The van der Waals surface area contributed by atoms with Gasteiger partial charge in [-0.15, -0.1) is 0 Å². The van der Waals surface area contributed by atoms with Crippen molar-refractivity contribution < 1.29 is 17.9 Å². The van der Waals surface area contributed by atoms with Crippen LogP contribution in [-0.4, -0.2) is 56.0 Å². The number of ether oxygens (including phenoxy) is 1. The van der Waals surface area contributed by atoms with Crippen LogP contribution in [0.4, 0.5) is 13.2 Å². The lowest BCUT2D eigenvalue weighted by molar-refractivity contribution is -0.125. The average molecular weight is 266 g/mol. The molecule has 106 valence electrons. The van der Waals surface area contributed by atoms with Crippen molar-refractivity contribution in [2.75, 3.05) is 32.8 Å². The van der Waals surface area contributed by atoms with Crippen LogP contribution >= 0.6 is 0 Å². The molecule has 1 aliphatic carbocycles. The molecule has 1 saturated carbocycles. The number of fused-ring (bicyclic) bond motifs is 1. The summed E-state index contributed by atoms with van der Waals surface area (Å²) < 4.78 is 41.7. The zero-order chi connectivity index (χ0) is 13.0. The van der Waals surface area contributed by atoms with E-state index in [-0.39, 0.29) is 0 Å². The summed E-state index contributed by atoms with van der Waals surface area (Å²) in [5.41, 5.74) is 0. The molecule has 0 aromatic heterocycles. The summed E-state index contributed by atoms with van der Waals surface area (Å²) in [6, 6.07) is 0.417. The second-order valence-corrected chi connectivity index (χ2v) is 5.09. The molecule has 2 aliphatic rings. The molecule has 2 unspecified atom stereocenters. The first-order chi connectivity index (χ1) is 8.56. The van der Waals surface area contributed by atoms with Crippen LogP contribution in [-0.2, 0) is 4.74 Å². The van der Waals surface area contributed by atoms with Gasteiger partial charge in [-0.3, -0.25) is 4.90 Å². The monoisotopic (exact) mass is 266 g/mol. The molecular weight excluding hydrogens is 245 g/mol. The van der Waals surface area contributed by atoms with Crippen molar-refractivity contribution in [2.24, 2.45) is 0 Å². The number of alkyl halides is 3. The smallest absolute Gasteiger partial charge is 0.375 e. The normalized spacial score (nSPS) is 30.2. The predicted octanol–water partition coefficient (Wildman–Crippen LogP) is 1.78. The van der Waals surface area contributed by atoms with Crippen LogP contribution < -0.4 is 5.32 Å². The van der Waals surface area contributed by atoms with E-state index in [0.717, 1.165) is 19.4 Å². The molecule has 1 saturated heterocycles. The Labute approximate surface area is 106 Å². The average Bonchev–Trinajstić information content (AvgIpc) is 2.33. The van der Waals surface area contributed by atoms with E-state index in [4.69, 9.17) is 4.74 Å². The first-order valence-electron chi connectivity index (χ1n) is 6.69. The Kier molecular flexibility index (Phi) is 4.86. The Morgan fingerprint density at radius 2 is 2.00 bits per heavy atom. The molecule has 6 heteroatoms. The fourth-order valence-electron chi connectivity index (χ4n) is 2.91. The minimum absolute atomic E-state index is 0.301. The van der Waals surface area contributed by atoms with Gasteiger partial charge in [0.25, 0.3) is 0 Å².